The van der Waals surface area contributed by atoms with Crippen molar-refractivity contribution < 1.29 is 14.6 Å². The third-order valence-electron chi connectivity index (χ3n) is 3.79. The maximum absolute atomic E-state index is 11.7. The van der Waals surface area contributed by atoms with E-state index < -0.39 is 11.4 Å². The molecule has 0 atom stereocenters. The Labute approximate surface area is 112 Å². The van der Waals surface area contributed by atoms with E-state index >= 15 is 0 Å². The minimum Gasteiger partial charge on any atom is -0.496 e. The van der Waals surface area contributed by atoms with Crippen LogP contribution in [0.1, 0.15) is 31.2 Å². The van der Waals surface area contributed by atoms with Crippen LogP contribution in [0.25, 0.3) is 0 Å². The van der Waals surface area contributed by atoms with Gasteiger partial charge in [-0.05, 0) is 37.3 Å². The number of thioether (sulfide) groups is 1. The Kier molecular flexibility index (Phi) is 3.85. The van der Waals surface area contributed by atoms with E-state index in [4.69, 9.17) is 4.74 Å². The molecule has 0 heterocycles. The van der Waals surface area contributed by atoms with Crippen LogP contribution in [0.15, 0.2) is 23.1 Å². The average molecular weight is 266 g/mol. The summed E-state index contributed by atoms with van der Waals surface area (Å²) in [5.74, 6) is -0.0337. The summed E-state index contributed by atoms with van der Waals surface area (Å²) in [7, 11) is 1.60. The van der Waals surface area contributed by atoms with Crippen LogP contribution in [0, 0.1) is 0 Å². The molecule has 0 aromatic heterocycles. The Bertz CT molecular complexity index is 450. The number of carbonyl (C=O) groups is 1. The molecule has 3 nitrogen and oxygen atoms in total. The number of hydrogen-bond acceptors (Lipinski definition) is 3. The lowest BCUT2D eigenvalue weighted by Gasteiger charge is -2.26. The highest BCUT2D eigenvalue weighted by molar-refractivity contribution is 7.98. The zero-order valence-corrected chi connectivity index (χ0v) is 11.5. The summed E-state index contributed by atoms with van der Waals surface area (Å²) in [6.45, 7) is 0. The normalized spacial score (nSPS) is 17.7. The van der Waals surface area contributed by atoms with Gasteiger partial charge in [0.25, 0.3) is 0 Å². The van der Waals surface area contributed by atoms with E-state index in [1.54, 1.807) is 18.9 Å². The lowest BCUT2D eigenvalue weighted by Crippen LogP contribution is -2.33. The molecule has 0 aliphatic heterocycles. The van der Waals surface area contributed by atoms with Crippen LogP contribution in [0.4, 0.5) is 0 Å². The van der Waals surface area contributed by atoms with Crippen LogP contribution in [-0.4, -0.2) is 24.4 Å². The average Bonchev–Trinajstić information content (AvgIpc) is 2.88. The van der Waals surface area contributed by atoms with Crippen molar-refractivity contribution in [3.63, 3.8) is 0 Å². The van der Waals surface area contributed by atoms with E-state index in [-0.39, 0.29) is 0 Å². The molecule has 0 radical (unpaired) electrons. The van der Waals surface area contributed by atoms with Crippen molar-refractivity contribution in [1.29, 1.82) is 0 Å². The molecule has 1 aromatic rings. The molecule has 18 heavy (non-hydrogen) atoms. The second-order valence-electron chi connectivity index (χ2n) is 4.66. The van der Waals surface area contributed by atoms with Gasteiger partial charge >= 0.3 is 5.97 Å². The first kappa shape index (κ1) is 13.3. The van der Waals surface area contributed by atoms with E-state index in [9.17, 15) is 9.90 Å². The summed E-state index contributed by atoms with van der Waals surface area (Å²) in [4.78, 5) is 12.8. The van der Waals surface area contributed by atoms with Crippen LogP contribution in [0.3, 0.4) is 0 Å². The number of aliphatic carboxylic acids is 1. The predicted octanol–water partition coefficient (Wildman–Crippen LogP) is 3.31. The van der Waals surface area contributed by atoms with Gasteiger partial charge in [0.05, 0.1) is 12.5 Å². The molecule has 1 aliphatic carbocycles. The fourth-order valence-electron chi connectivity index (χ4n) is 2.77. The summed E-state index contributed by atoms with van der Waals surface area (Å²) in [6, 6.07) is 5.82. The Morgan fingerprint density at radius 2 is 2.06 bits per heavy atom. The quantitative estimate of drug-likeness (QED) is 0.849. The minimum absolute atomic E-state index is 0.692. The lowest BCUT2D eigenvalue weighted by atomic mass is 9.78. The molecule has 0 bridgehead atoms. The first-order chi connectivity index (χ1) is 8.64. The van der Waals surface area contributed by atoms with E-state index in [1.165, 1.54) is 0 Å². The van der Waals surface area contributed by atoms with Gasteiger partial charge in [-0.1, -0.05) is 12.8 Å². The predicted molar refractivity (Wildman–Crippen MR) is 72.6 cm³/mol. The smallest absolute Gasteiger partial charge is 0.314 e. The first-order valence-corrected chi connectivity index (χ1v) is 7.32. The van der Waals surface area contributed by atoms with Crippen molar-refractivity contribution in [3.05, 3.63) is 23.8 Å². The van der Waals surface area contributed by atoms with Gasteiger partial charge in [0.15, 0.2) is 0 Å². The van der Waals surface area contributed by atoms with E-state index in [2.05, 4.69) is 0 Å². The molecular formula is C14H18O3S. The summed E-state index contributed by atoms with van der Waals surface area (Å²) in [6.07, 6.45) is 5.35. The third kappa shape index (κ3) is 2.09. The standard InChI is InChI=1S/C14H18O3S/c1-17-12-6-5-10(18-2)9-11(12)14(13(15)16)7-3-4-8-14/h5-6,9H,3-4,7-8H2,1-2H3,(H,15,16). The maximum Gasteiger partial charge on any atom is 0.314 e. The molecule has 4 heteroatoms. The molecule has 98 valence electrons. The number of methoxy groups -OCH3 is 1. The van der Waals surface area contributed by atoms with Gasteiger partial charge in [0, 0.05) is 10.5 Å². The summed E-state index contributed by atoms with van der Waals surface area (Å²) >= 11 is 1.62. The topological polar surface area (TPSA) is 46.5 Å². The molecule has 1 aromatic carbocycles. The SMILES string of the molecule is COc1ccc(SC)cc1C1(C(=O)O)CCCC1. The fourth-order valence-corrected chi connectivity index (χ4v) is 3.20. The Hall–Kier alpha value is -1.16. The van der Waals surface area contributed by atoms with Gasteiger partial charge in [-0.15, -0.1) is 11.8 Å². The van der Waals surface area contributed by atoms with Crippen LogP contribution < -0.4 is 4.74 Å². The zero-order valence-electron chi connectivity index (χ0n) is 10.7. The number of benzene rings is 1. The first-order valence-electron chi connectivity index (χ1n) is 6.10. The number of carboxylic acids is 1. The molecule has 1 saturated carbocycles. The number of rotatable bonds is 4. The van der Waals surface area contributed by atoms with Gasteiger partial charge in [0.1, 0.15) is 5.75 Å². The molecule has 0 unspecified atom stereocenters. The van der Waals surface area contributed by atoms with Gasteiger partial charge in [0.2, 0.25) is 0 Å². The molecule has 1 aliphatic rings. The monoisotopic (exact) mass is 266 g/mol. The largest absolute Gasteiger partial charge is 0.496 e. The Morgan fingerprint density at radius 1 is 1.39 bits per heavy atom. The Morgan fingerprint density at radius 3 is 2.56 bits per heavy atom. The van der Waals surface area contributed by atoms with Crippen molar-refractivity contribution in [3.8, 4) is 5.75 Å². The van der Waals surface area contributed by atoms with Crippen molar-refractivity contribution in [1.82, 2.24) is 0 Å². The fraction of sp³-hybridized carbons (Fsp3) is 0.500. The molecule has 1 fully saturated rings. The summed E-state index contributed by atoms with van der Waals surface area (Å²) in [5.41, 5.74) is 0.0822. The molecule has 0 saturated heterocycles. The van der Waals surface area contributed by atoms with Gasteiger partial charge < -0.3 is 9.84 Å². The Balaban J connectivity index is 2.55. The molecule has 0 amide bonds. The van der Waals surface area contributed by atoms with Crippen LogP contribution in [-0.2, 0) is 10.2 Å². The number of ether oxygens (including phenoxy) is 1. The molecule has 0 spiro atoms. The molecular weight excluding hydrogens is 248 g/mol. The van der Waals surface area contributed by atoms with Crippen molar-refractivity contribution in [2.75, 3.05) is 13.4 Å². The second-order valence-corrected chi connectivity index (χ2v) is 5.54. The van der Waals surface area contributed by atoms with Crippen molar-refractivity contribution in [2.24, 2.45) is 0 Å². The highest BCUT2D eigenvalue weighted by Gasteiger charge is 2.44. The van der Waals surface area contributed by atoms with Gasteiger partial charge in [-0.25, -0.2) is 0 Å². The molecule has 1 N–H and O–H groups in total. The summed E-state index contributed by atoms with van der Waals surface area (Å²) < 4.78 is 5.36. The second kappa shape index (κ2) is 5.22. The van der Waals surface area contributed by atoms with Crippen LogP contribution in [0.2, 0.25) is 0 Å². The van der Waals surface area contributed by atoms with Crippen molar-refractivity contribution >= 4 is 17.7 Å². The zero-order chi connectivity index (χ0) is 13.2. The summed E-state index contributed by atoms with van der Waals surface area (Å²) in [5, 5.41) is 9.64. The van der Waals surface area contributed by atoms with Crippen LogP contribution in [0.5, 0.6) is 5.75 Å². The third-order valence-corrected chi connectivity index (χ3v) is 4.51. The van der Waals surface area contributed by atoms with E-state index in [1.807, 2.05) is 24.5 Å². The van der Waals surface area contributed by atoms with Gasteiger partial charge in [-0.2, -0.15) is 0 Å². The molecule has 2 rings (SSSR count). The van der Waals surface area contributed by atoms with Gasteiger partial charge in [-0.3, -0.25) is 4.79 Å². The van der Waals surface area contributed by atoms with E-state index in [0.29, 0.717) is 18.6 Å². The maximum atomic E-state index is 11.7. The van der Waals surface area contributed by atoms with E-state index in [0.717, 1.165) is 23.3 Å². The highest BCUT2D eigenvalue weighted by Crippen LogP contribution is 2.45. The van der Waals surface area contributed by atoms with Crippen LogP contribution >= 0.6 is 11.8 Å². The highest BCUT2D eigenvalue weighted by atomic mass is 32.2. The van der Waals surface area contributed by atoms with Crippen molar-refractivity contribution in [2.45, 2.75) is 36.0 Å². The lowest BCUT2D eigenvalue weighted by molar-refractivity contribution is -0.143. The number of carboxylic acid groups (broad SMARTS) is 1. The minimum atomic E-state index is -0.753. The number of hydrogen-bond donors (Lipinski definition) is 1.